The fourth-order valence-corrected chi connectivity index (χ4v) is 2.07. The van der Waals surface area contributed by atoms with Gasteiger partial charge in [0, 0.05) is 27.7 Å². The Morgan fingerprint density at radius 3 is 1.72 bits per heavy atom. The van der Waals surface area contributed by atoms with E-state index in [0.717, 1.165) is 0 Å². The minimum absolute atomic E-state index is 0.262. The molecule has 0 amide bonds. The van der Waals surface area contributed by atoms with E-state index < -0.39 is 41.4 Å². The largest absolute Gasteiger partial charge is 0.422 e. The van der Waals surface area contributed by atoms with E-state index in [1.165, 1.54) is 58.1 Å². The van der Waals surface area contributed by atoms with Crippen LogP contribution in [0.5, 0.6) is 0 Å². The van der Waals surface area contributed by atoms with Crippen molar-refractivity contribution in [3.63, 3.8) is 0 Å². The molecule has 2 heterocycles. The quantitative estimate of drug-likeness (QED) is 0.247. The molecule has 2 rings (SSSR count). The molecule has 0 bridgehead atoms. The molecule has 0 radical (unpaired) electrons. The maximum Gasteiger partial charge on any atom is 0.348 e. The van der Waals surface area contributed by atoms with E-state index >= 15 is 0 Å². The van der Waals surface area contributed by atoms with Crippen molar-refractivity contribution in [3.05, 3.63) is 36.0 Å². The summed E-state index contributed by atoms with van der Waals surface area (Å²) in [6.45, 7) is 5.81. The molecule has 0 N–H and O–H groups in total. The molecule has 2 aliphatic rings. The van der Waals surface area contributed by atoms with Gasteiger partial charge in [0.25, 0.3) is 11.6 Å². The van der Waals surface area contributed by atoms with Crippen LogP contribution in [0.3, 0.4) is 0 Å². The van der Waals surface area contributed by atoms with Gasteiger partial charge in [-0.2, -0.15) is 0 Å². The lowest BCUT2D eigenvalue weighted by Gasteiger charge is -2.31. The molecule has 0 aliphatic carbocycles. The van der Waals surface area contributed by atoms with Gasteiger partial charge in [0.05, 0.1) is 0 Å². The SMILES string of the molecule is CC1(C)OC(=O)C(=C/C=C/C=C/C2C(=O)OC(C)(C)OC2=O)C(=O)O1. The van der Waals surface area contributed by atoms with Crippen LogP contribution < -0.4 is 0 Å². The Labute approximate surface area is 144 Å². The predicted octanol–water partition coefficient (Wildman–Crippen LogP) is 1.31. The van der Waals surface area contributed by atoms with E-state index in [4.69, 9.17) is 18.9 Å². The van der Waals surface area contributed by atoms with Crippen molar-refractivity contribution in [1.29, 1.82) is 0 Å². The van der Waals surface area contributed by atoms with Crippen molar-refractivity contribution >= 4 is 23.9 Å². The first-order chi connectivity index (χ1) is 11.5. The molecule has 8 heteroatoms. The summed E-state index contributed by atoms with van der Waals surface area (Å²) in [6.07, 6.45) is 6.69. The predicted molar refractivity (Wildman–Crippen MR) is 82.4 cm³/mol. The van der Waals surface area contributed by atoms with Crippen molar-refractivity contribution in [2.45, 2.75) is 39.3 Å². The van der Waals surface area contributed by atoms with Gasteiger partial charge in [-0.05, 0) is 6.08 Å². The third-order valence-corrected chi connectivity index (χ3v) is 3.11. The number of carbonyl (C=O) groups excluding carboxylic acids is 4. The van der Waals surface area contributed by atoms with Gasteiger partial charge in [0.1, 0.15) is 5.57 Å². The molecule has 134 valence electrons. The number of allylic oxidation sites excluding steroid dienone is 4. The van der Waals surface area contributed by atoms with Gasteiger partial charge in [0.15, 0.2) is 5.92 Å². The van der Waals surface area contributed by atoms with E-state index in [2.05, 4.69) is 0 Å². The maximum atomic E-state index is 11.7. The van der Waals surface area contributed by atoms with Gasteiger partial charge in [-0.3, -0.25) is 9.59 Å². The number of rotatable bonds is 3. The zero-order chi connectivity index (χ0) is 18.8. The Bertz CT molecular complexity index is 666. The molecule has 0 spiro atoms. The Morgan fingerprint density at radius 2 is 1.20 bits per heavy atom. The lowest BCUT2D eigenvalue weighted by Crippen LogP contribution is -2.45. The van der Waals surface area contributed by atoms with Crippen LogP contribution in [0, 0.1) is 5.92 Å². The lowest BCUT2D eigenvalue weighted by molar-refractivity contribution is -0.237. The Hall–Kier alpha value is -2.90. The van der Waals surface area contributed by atoms with Gasteiger partial charge in [0.2, 0.25) is 0 Å². The molecule has 0 aromatic carbocycles. The van der Waals surface area contributed by atoms with E-state index in [1.54, 1.807) is 0 Å². The van der Waals surface area contributed by atoms with E-state index in [1.807, 2.05) is 0 Å². The lowest BCUT2D eigenvalue weighted by atomic mass is 10.1. The molecule has 25 heavy (non-hydrogen) atoms. The molecular formula is C17H18O8. The average molecular weight is 350 g/mol. The number of carbonyl (C=O) groups is 4. The maximum absolute atomic E-state index is 11.7. The van der Waals surface area contributed by atoms with Gasteiger partial charge in [-0.1, -0.05) is 24.3 Å². The molecule has 0 saturated carbocycles. The molecule has 8 nitrogen and oxygen atoms in total. The van der Waals surface area contributed by atoms with Crippen LogP contribution in [-0.4, -0.2) is 35.5 Å². The molecular weight excluding hydrogens is 332 g/mol. The third kappa shape index (κ3) is 4.56. The van der Waals surface area contributed by atoms with Crippen molar-refractivity contribution < 1.29 is 38.1 Å². The Balaban J connectivity index is 2.00. The number of ether oxygens (including phenoxy) is 4. The summed E-state index contributed by atoms with van der Waals surface area (Å²) in [7, 11) is 0. The molecule has 2 fully saturated rings. The Kier molecular flexibility index (Phi) is 4.82. The van der Waals surface area contributed by atoms with Gasteiger partial charge < -0.3 is 18.9 Å². The van der Waals surface area contributed by atoms with E-state index in [9.17, 15) is 19.2 Å². The highest BCUT2D eigenvalue weighted by molar-refractivity contribution is 6.15. The van der Waals surface area contributed by atoms with Gasteiger partial charge in [-0.15, -0.1) is 0 Å². The third-order valence-electron chi connectivity index (χ3n) is 3.11. The molecule has 0 atom stereocenters. The smallest absolute Gasteiger partial charge is 0.348 e. The van der Waals surface area contributed by atoms with Crippen molar-refractivity contribution in [2.24, 2.45) is 5.92 Å². The second-order valence-corrected chi connectivity index (χ2v) is 6.25. The Morgan fingerprint density at radius 1 is 0.720 bits per heavy atom. The molecule has 2 saturated heterocycles. The summed E-state index contributed by atoms with van der Waals surface area (Å²) in [6, 6.07) is 0. The minimum atomic E-state index is -1.30. The van der Waals surface area contributed by atoms with Crippen molar-refractivity contribution in [2.75, 3.05) is 0 Å². The zero-order valence-electron chi connectivity index (χ0n) is 14.2. The number of hydrogen-bond acceptors (Lipinski definition) is 8. The van der Waals surface area contributed by atoms with Crippen LogP contribution in [0.1, 0.15) is 27.7 Å². The highest BCUT2D eigenvalue weighted by Crippen LogP contribution is 2.24. The standard InChI is InChI=1S/C17H18O8/c1-16(2)22-12(18)10(13(19)23-16)8-6-5-7-9-11-14(20)24-17(3,4)25-15(11)21/h5-10H,1-4H3/b7-5+,8-6+. The zero-order valence-corrected chi connectivity index (χ0v) is 14.2. The van der Waals surface area contributed by atoms with Crippen molar-refractivity contribution in [1.82, 2.24) is 0 Å². The summed E-state index contributed by atoms with van der Waals surface area (Å²) in [5.74, 6) is -6.78. The van der Waals surface area contributed by atoms with E-state index in [0.29, 0.717) is 0 Å². The summed E-state index contributed by atoms with van der Waals surface area (Å²) in [4.78, 5) is 46.9. The minimum Gasteiger partial charge on any atom is -0.422 e. The normalized spacial score (nSPS) is 23.3. The monoisotopic (exact) mass is 350 g/mol. The first-order valence-electron chi connectivity index (χ1n) is 7.48. The highest BCUT2D eigenvalue weighted by Gasteiger charge is 2.41. The fourth-order valence-electron chi connectivity index (χ4n) is 2.07. The topological polar surface area (TPSA) is 105 Å². The summed E-state index contributed by atoms with van der Waals surface area (Å²) < 4.78 is 19.8. The first-order valence-corrected chi connectivity index (χ1v) is 7.48. The second kappa shape index (κ2) is 6.54. The average Bonchev–Trinajstić information content (AvgIpc) is 2.40. The first kappa shape index (κ1) is 18.4. The highest BCUT2D eigenvalue weighted by atomic mass is 16.7. The van der Waals surface area contributed by atoms with Crippen LogP contribution >= 0.6 is 0 Å². The van der Waals surface area contributed by atoms with Crippen molar-refractivity contribution in [3.8, 4) is 0 Å². The van der Waals surface area contributed by atoms with Crippen LogP contribution in [0.15, 0.2) is 36.0 Å². The van der Waals surface area contributed by atoms with Crippen LogP contribution in [0.25, 0.3) is 0 Å². The molecule has 0 unspecified atom stereocenters. The van der Waals surface area contributed by atoms with Gasteiger partial charge in [-0.25, -0.2) is 9.59 Å². The summed E-state index contributed by atoms with van der Waals surface area (Å²) in [5.41, 5.74) is -0.262. The fraction of sp³-hybridized carbons (Fsp3) is 0.412. The summed E-state index contributed by atoms with van der Waals surface area (Å²) >= 11 is 0. The molecule has 0 aromatic heterocycles. The van der Waals surface area contributed by atoms with E-state index in [-0.39, 0.29) is 5.57 Å². The second-order valence-electron chi connectivity index (χ2n) is 6.25. The molecule has 2 aliphatic heterocycles. The summed E-state index contributed by atoms with van der Waals surface area (Å²) in [5, 5.41) is 0. The van der Waals surface area contributed by atoms with Crippen LogP contribution in [0.2, 0.25) is 0 Å². The van der Waals surface area contributed by atoms with Crippen LogP contribution in [-0.2, 0) is 38.1 Å². The van der Waals surface area contributed by atoms with Gasteiger partial charge >= 0.3 is 23.9 Å². The number of esters is 4. The molecule has 0 aromatic rings. The van der Waals surface area contributed by atoms with Crippen LogP contribution in [0.4, 0.5) is 0 Å². The number of hydrogen-bond donors (Lipinski definition) is 0. The number of cyclic esters (lactones) is 4.